The molecule has 6 heteroatoms. The first-order chi connectivity index (χ1) is 11.8. The summed E-state index contributed by atoms with van der Waals surface area (Å²) in [4.78, 5) is 24.8. The van der Waals surface area contributed by atoms with Crippen LogP contribution >= 0.6 is 11.3 Å². The van der Waals surface area contributed by atoms with Gasteiger partial charge in [0.2, 0.25) is 5.91 Å². The fraction of sp³-hybridized carbons (Fsp3) is 0.368. The Hall–Kier alpha value is -2.34. The first kappa shape index (κ1) is 19.0. The van der Waals surface area contributed by atoms with Gasteiger partial charge in [-0.15, -0.1) is 11.3 Å². The smallest absolute Gasteiger partial charge is 0.341 e. The highest BCUT2D eigenvalue weighted by Crippen LogP contribution is 2.37. The van der Waals surface area contributed by atoms with Crippen molar-refractivity contribution in [1.82, 2.24) is 0 Å². The van der Waals surface area contributed by atoms with E-state index in [1.54, 1.807) is 14.0 Å². The lowest BCUT2D eigenvalue weighted by Gasteiger charge is -2.17. The molecule has 0 aliphatic rings. The van der Waals surface area contributed by atoms with Crippen molar-refractivity contribution in [3.63, 3.8) is 0 Å². The molecule has 1 N–H and O–H groups in total. The molecule has 0 aliphatic heterocycles. The number of nitrogens with one attached hydrogen (secondary N) is 1. The molecule has 1 aromatic carbocycles. The number of esters is 1. The number of carbonyl (C=O) groups is 2. The zero-order chi connectivity index (χ0) is 18.6. The normalized spacial score (nSPS) is 11.1. The Labute approximate surface area is 152 Å². The van der Waals surface area contributed by atoms with Crippen LogP contribution in [0.25, 0.3) is 11.1 Å². The third-order valence-electron chi connectivity index (χ3n) is 3.58. The maximum atomic E-state index is 12.5. The van der Waals surface area contributed by atoms with Gasteiger partial charge in [0.05, 0.1) is 13.7 Å². The third-order valence-corrected chi connectivity index (χ3v) is 4.48. The predicted molar refractivity (Wildman–Crippen MR) is 100 cm³/mol. The molecule has 1 aromatic heterocycles. The monoisotopic (exact) mass is 361 g/mol. The van der Waals surface area contributed by atoms with E-state index >= 15 is 0 Å². The van der Waals surface area contributed by atoms with Crippen molar-refractivity contribution in [2.45, 2.75) is 27.7 Å². The van der Waals surface area contributed by atoms with Crippen LogP contribution in [0.2, 0.25) is 0 Å². The van der Waals surface area contributed by atoms with Crippen LogP contribution in [0.4, 0.5) is 5.00 Å². The van der Waals surface area contributed by atoms with Gasteiger partial charge in [0.15, 0.2) is 0 Å². The number of methoxy groups -OCH3 is 1. The second-order valence-corrected chi connectivity index (χ2v) is 7.39. The highest BCUT2D eigenvalue weighted by molar-refractivity contribution is 7.15. The highest BCUT2D eigenvalue weighted by Gasteiger charge is 2.27. The summed E-state index contributed by atoms with van der Waals surface area (Å²) >= 11 is 1.32. The quantitative estimate of drug-likeness (QED) is 0.792. The Morgan fingerprint density at radius 2 is 1.80 bits per heavy atom. The topological polar surface area (TPSA) is 64.6 Å². The first-order valence-corrected chi connectivity index (χ1v) is 8.90. The zero-order valence-corrected chi connectivity index (χ0v) is 16.0. The molecule has 0 aliphatic carbocycles. The van der Waals surface area contributed by atoms with E-state index in [0.29, 0.717) is 10.6 Å². The molecule has 0 atom stereocenters. The van der Waals surface area contributed by atoms with Gasteiger partial charge in [-0.05, 0) is 24.6 Å². The van der Waals surface area contributed by atoms with Crippen LogP contribution in [0.15, 0.2) is 29.6 Å². The van der Waals surface area contributed by atoms with Gasteiger partial charge in [0.25, 0.3) is 0 Å². The van der Waals surface area contributed by atoms with E-state index in [4.69, 9.17) is 9.47 Å². The van der Waals surface area contributed by atoms with E-state index in [0.717, 1.165) is 16.9 Å². The van der Waals surface area contributed by atoms with Gasteiger partial charge in [-0.2, -0.15) is 0 Å². The van der Waals surface area contributed by atoms with Crippen LogP contribution in [0.5, 0.6) is 5.75 Å². The van der Waals surface area contributed by atoms with E-state index in [9.17, 15) is 9.59 Å². The van der Waals surface area contributed by atoms with Crippen LogP contribution < -0.4 is 10.1 Å². The minimum absolute atomic E-state index is 0.152. The lowest BCUT2D eigenvalue weighted by Crippen LogP contribution is -2.28. The predicted octanol–water partition coefficient (Wildman–Crippen LogP) is 4.59. The molecular formula is C19H23NO4S. The second kappa shape index (κ2) is 7.70. The molecule has 0 saturated carbocycles. The van der Waals surface area contributed by atoms with Gasteiger partial charge < -0.3 is 14.8 Å². The van der Waals surface area contributed by atoms with Crippen LogP contribution in [-0.2, 0) is 9.53 Å². The van der Waals surface area contributed by atoms with Gasteiger partial charge >= 0.3 is 5.97 Å². The Bertz CT molecular complexity index is 757. The minimum atomic E-state index is -0.559. The van der Waals surface area contributed by atoms with Crippen LogP contribution in [0.3, 0.4) is 0 Å². The molecule has 0 spiro atoms. The maximum Gasteiger partial charge on any atom is 0.341 e. The lowest BCUT2D eigenvalue weighted by molar-refractivity contribution is -0.123. The summed E-state index contributed by atoms with van der Waals surface area (Å²) < 4.78 is 10.4. The average molecular weight is 361 g/mol. The molecule has 5 nitrogen and oxygen atoms in total. The van der Waals surface area contributed by atoms with Gasteiger partial charge in [-0.25, -0.2) is 4.79 Å². The molecule has 2 aromatic rings. The zero-order valence-electron chi connectivity index (χ0n) is 15.1. The Kier molecular flexibility index (Phi) is 5.85. The molecule has 0 fully saturated rings. The highest BCUT2D eigenvalue weighted by atomic mass is 32.1. The number of thiophene rings is 1. The number of rotatable bonds is 5. The van der Waals surface area contributed by atoms with Crippen LogP contribution in [0, 0.1) is 5.41 Å². The number of carbonyl (C=O) groups excluding carboxylic acids is 2. The molecular weight excluding hydrogens is 338 g/mol. The SMILES string of the molecule is CCOC(=O)c1c(-c2ccc(OC)cc2)csc1NC(=O)C(C)(C)C. The first-order valence-electron chi connectivity index (χ1n) is 8.02. The number of ether oxygens (including phenoxy) is 2. The fourth-order valence-electron chi connectivity index (χ4n) is 2.13. The average Bonchev–Trinajstić information content (AvgIpc) is 2.98. The van der Waals surface area contributed by atoms with Gasteiger partial charge in [-0.3, -0.25) is 4.79 Å². The summed E-state index contributed by atoms with van der Waals surface area (Å²) in [6.07, 6.45) is 0. The Balaban J connectivity index is 2.46. The van der Waals surface area contributed by atoms with Gasteiger partial charge in [0, 0.05) is 16.4 Å². The summed E-state index contributed by atoms with van der Waals surface area (Å²) in [5.74, 6) is 0.137. The molecule has 0 unspecified atom stereocenters. The fourth-order valence-corrected chi connectivity index (χ4v) is 3.08. The summed E-state index contributed by atoms with van der Waals surface area (Å²) in [5, 5.41) is 5.21. The number of anilines is 1. The van der Waals surface area contributed by atoms with Gasteiger partial charge in [-0.1, -0.05) is 32.9 Å². The van der Waals surface area contributed by atoms with Crippen molar-refractivity contribution in [2.75, 3.05) is 19.0 Å². The molecule has 134 valence electrons. The minimum Gasteiger partial charge on any atom is -0.497 e. The van der Waals surface area contributed by atoms with Crippen molar-refractivity contribution >= 4 is 28.2 Å². The van der Waals surface area contributed by atoms with E-state index in [2.05, 4.69) is 5.32 Å². The molecule has 1 amide bonds. The Morgan fingerprint density at radius 3 is 2.32 bits per heavy atom. The van der Waals surface area contributed by atoms with E-state index in [1.165, 1.54) is 11.3 Å². The summed E-state index contributed by atoms with van der Waals surface area (Å²) in [5.41, 5.74) is 1.41. The van der Waals surface area contributed by atoms with Crippen molar-refractivity contribution in [3.05, 3.63) is 35.2 Å². The molecule has 25 heavy (non-hydrogen) atoms. The Morgan fingerprint density at radius 1 is 1.16 bits per heavy atom. The standard InChI is InChI=1S/C19H23NO4S/c1-6-24-17(21)15-14(12-7-9-13(23-5)10-8-12)11-25-16(15)20-18(22)19(2,3)4/h7-11H,6H2,1-5H3,(H,20,22). The number of benzene rings is 1. The summed E-state index contributed by atoms with van der Waals surface area (Å²) in [6, 6.07) is 7.41. The molecule has 0 radical (unpaired) electrons. The van der Waals surface area contributed by atoms with E-state index < -0.39 is 11.4 Å². The van der Waals surface area contributed by atoms with Crippen molar-refractivity contribution in [1.29, 1.82) is 0 Å². The number of hydrogen-bond acceptors (Lipinski definition) is 5. The molecule has 1 heterocycles. The molecule has 2 rings (SSSR count). The lowest BCUT2D eigenvalue weighted by atomic mass is 9.95. The largest absolute Gasteiger partial charge is 0.497 e. The number of amides is 1. The van der Waals surface area contributed by atoms with Crippen LogP contribution in [0.1, 0.15) is 38.1 Å². The van der Waals surface area contributed by atoms with E-state index in [-0.39, 0.29) is 12.5 Å². The van der Waals surface area contributed by atoms with Gasteiger partial charge in [0.1, 0.15) is 16.3 Å². The summed E-state index contributed by atoms with van der Waals surface area (Å²) in [7, 11) is 1.60. The van der Waals surface area contributed by atoms with Crippen molar-refractivity contribution in [2.24, 2.45) is 5.41 Å². The van der Waals surface area contributed by atoms with Crippen molar-refractivity contribution < 1.29 is 19.1 Å². The third kappa shape index (κ3) is 4.39. The van der Waals surface area contributed by atoms with Crippen molar-refractivity contribution in [3.8, 4) is 16.9 Å². The second-order valence-electron chi connectivity index (χ2n) is 6.51. The summed E-state index contributed by atoms with van der Waals surface area (Å²) in [6.45, 7) is 7.49. The molecule has 0 bridgehead atoms. The maximum absolute atomic E-state index is 12.5. The van der Waals surface area contributed by atoms with Crippen LogP contribution in [-0.4, -0.2) is 25.6 Å². The van der Waals surface area contributed by atoms with E-state index in [1.807, 2.05) is 50.4 Å². The number of hydrogen-bond donors (Lipinski definition) is 1. The molecule has 0 saturated heterocycles.